The maximum atomic E-state index is 12.8. The van der Waals surface area contributed by atoms with Crippen molar-refractivity contribution in [2.24, 2.45) is 0 Å². The van der Waals surface area contributed by atoms with Gasteiger partial charge in [0.1, 0.15) is 5.76 Å². The van der Waals surface area contributed by atoms with Crippen molar-refractivity contribution in [2.75, 3.05) is 6.54 Å². The van der Waals surface area contributed by atoms with Gasteiger partial charge in [0.2, 0.25) is 0 Å². The second-order valence-electron chi connectivity index (χ2n) is 12.1. The van der Waals surface area contributed by atoms with Crippen LogP contribution in [0.4, 0.5) is 0 Å². The fourth-order valence-electron chi connectivity index (χ4n) is 5.64. The molecule has 3 aromatic carbocycles. The van der Waals surface area contributed by atoms with E-state index < -0.39 is 0 Å². The summed E-state index contributed by atoms with van der Waals surface area (Å²) in [6.07, 6.45) is 3.87. The fraction of sp³-hybridized carbons (Fsp3) is 0.343. The molecule has 0 saturated heterocycles. The lowest BCUT2D eigenvalue weighted by atomic mass is 9.62. The molecule has 0 unspecified atom stereocenters. The Hall–Kier alpha value is -3.59. The van der Waals surface area contributed by atoms with Crippen molar-refractivity contribution >= 4 is 5.91 Å². The summed E-state index contributed by atoms with van der Waals surface area (Å²) in [5.74, 6) is 1.03. The van der Waals surface area contributed by atoms with Gasteiger partial charge < -0.3 is 9.73 Å². The van der Waals surface area contributed by atoms with Gasteiger partial charge in [0.15, 0.2) is 5.76 Å². The molecule has 4 aromatic rings. The molecule has 1 amide bonds. The summed E-state index contributed by atoms with van der Waals surface area (Å²) in [5.41, 5.74) is 9.46. The van der Waals surface area contributed by atoms with Gasteiger partial charge in [-0.15, -0.1) is 0 Å². The predicted molar refractivity (Wildman–Crippen MR) is 156 cm³/mol. The molecule has 0 radical (unpaired) electrons. The highest BCUT2D eigenvalue weighted by Crippen LogP contribution is 2.46. The van der Waals surface area contributed by atoms with E-state index in [4.69, 9.17) is 4.42 Å². The fourth-order valence-corrected chi connectivity index (χ4v) is 5.64. The Bertz CT molecular complexity index is 1420. The first kappa shape index (κ1) is 26.0. The first-order chi connectivity index (χ1) is 18.1. The molecule has 3 heteroatoms. The summed E-state index contributed by atoms with van der Waals surface area (Å²) >= 11 is 0. The van der Waals surface area contributed by atoms with Gasteiger partial charge in [0.05, 0.1) is 0 Å². The average molecular weight is 506 g/mol. The largest absolute Gasteiger partial charge is 0.456 e. The number of fused-ring (bicyclic) bond motifs is 1. The van der Waals surface area contributed by atoms with Crippen LogP contribution in [0.25, 0.3) is 11.1 Å². The Morgan fingerprint density at radius 2 is 1.45 bits per heavy atom. The Kier molecular flexibility index (Phi) is 7.05. The first-order valence-electron chi connectivity index (χ1n) is 13.8. The van der Waals surface area contributed by atoms with E-state index in [1.54, 1.807) is 6.07 Å². The summed E-state index contributed by atoms with van der Waals surface area (Å²) in [6.45, 7) is 12.2. The third kappa shape index (κ3) is 5.48. The lowest BCUT2D eigenvalue weighted by Crippen LogP contribution is -2.34. The van der Waals surface area contributed by atoms with Gasteiger partial charge in [0, 0.05) is 13.0 Å². The van der Waals surface area contributed by atoms with E-state index in [1.807, 2.05) is 24.3 Å². The van der Waals surface area contributed by atoms with Gasteiger partial charge >= 0.3 is 0 Å². The normalized spacial score (nSPS) is 15.6. The van der Waals surface area contributed by atoms with E-state index in [1.165, 1.54) is 51.8 Å². The Balaban J connectivity index is 1.20. The minimum atomic E-state index is -0.165. The zero-order chi connectivity index (χ0) is 26.9. The second kappa shape index (κ2) is 10.3. The number of furan rings is 1. The number of carbonyl (C=O) groups excluding carboxylic acids is 1. The number of carbonyl (C=O) groups is 1. The molecule has 1 heterocycles. The lowest BCUT2D eigenvalue weighted by molar-refractivity contribution is 0.0925. The SMILES string of the molecule is Cc1cc2c(cc1Cc1ccc(C(=O)NCCc3ccc(-c4ccccc4)cc3)o1)C(C)(C)CCC2(C)C. The van der Waals surface area contributed by atoms with Crippen molar-refractivity contribution in [1.29, 1.82) is 0 Å². The maximum Gasteiger partial charge on any atom is 0.287 e. The molecule has 0 spiro atoms. The predicted octanol–water partition coefficient (Wildman–Crippen LogP) is 8.17. The molecule has 38 heavy (non-hydrogen) atoms. The average Bonchev–Trinajstić information content (AvgIpc) is 3.37. The van der Waals surface area contributed by atoms with Crippen LogP contribution in [-0.2, 0) is 23.7 Å². The molecule has 5 rings (SSSR count). The standard InChI is InChI=1S/C35H39NO2/c1-24-21-30-31(35(4,5)19-18-34(30,2)3)23-28(24)22-29-15-16-32(38-29)33(37)36-20-17-25-11-13-27(14-12-25)26-9-7-6-8-10-26/h6-16,21,23H,17-20,22H2,1-5H3,(H,36,37). The molecule has 0 bridgehead atoms. The number of benzene rings is 3. The van der Waals surface area contributed by atoms with Crippen LogP contribution in [-0.4, -0.2) is 12.5 Å². The van der Waals surface area contributed by atoms with Crippen molar-refractivity contribution < 1.29 is 9.21 Å². The van der Waals surface area contributed by atoms with Crippen molar-refractivity contribution in [3.63, 3.8) is 0 Å². The Morgan fingerprint density at radius 1 is 0.816 bits per heavy atom. The van der Waals surface area contributed by atoms with Crippen molar-refractivity contribution in [3.8, 4) is 11.1 Å². The molecule has 1 aliphatic carbocycles. The number of rotatable bonds is 7. The van der Waals surface area contributed by atoms with E-state index in [0.717, 1.165) is 12.2 Å². The number of hydrogen-bond donors (Lipinski definition) is 1. The summed E-state index contributed by atoms with van der Waals surface area (Å²) < 4.78 is 6.00. The van der Waals surface area contributed by atoms with Crippen LogP contribution in [0, 0.1) is 6.92 Å². The van der Waals surface area contributed by atoms with Gasteiger partial charge in [-0.2, -0.15) is 0 Å². The third-order valence-corrected chi connectivity index (χ3v) is 8.32. The highest BCUT2D eigenvalue weighted by atomic mass is 16.3. The molecular formula is C35H39NO2. The number of nitrogens with one attached hydrogen (secondary N) is 1. The van der Waals surface area contributed by atoms with E-state index in [-0.39, 0.29) is 16.7 Å². The van der Waals surface area contributed by atoms with Gasteiger partial charge in [-0.1, -0.05) is 94.4 Å². The van der Waals surface area contributed by atoms with E-state index >= 15 is 0 Å². The molecule has 3 nitrogen and oxygen atoms in total. The van der Waals surface area contributed by atoms with Crippen LogP contribution in [0.15, 0.2) is 83.3 Å². The number of amides is 1. The third-order valence-electron chi connectivity index (χ3n) is 8.32. The second-order valence-corrected chi connectivity index (χ2v) is 12.1. The van der Waals surface area contributed by atoms with Crippen LogP contribution in [0.1, 0.15) is 84.7 Å². The molecule has 0 fully saturated rings. The lowest BCUT2D eigenvalue weighted by Gasteiger charge is -2.42. The summed E-state index contributed by atoms with van der Waals surface area (Å²) in [6, 6.07) is 27.4. The molecule has 0 atom stereocenters. The molecule has 1 aromatic heterocycles. The van der Waals surface area contributed by atoms with Crippen LogP contribution < -0.4 is 5.32 Å². The van der Waals surface area contributed by atoms with Crippen LogP contribution >= 0.6 is 0 Å². The van der Waals surface area contributed by atoms with Crippen molar-refractivity contribution in [3.05, 3.63) is 118 Å². The van der Waals surface area contributed by atoms with E-state index in [9.17, 15) is 4.79 Å². The molecule has 0 saturated carbocycles. The van der Waals surface area contributed by atoms with Crippen LogP contribution in [0.5, 0.6) is 0 Å². The van der Waals surface area contributed by atoms with Crippen LogP contribution in [0.2, 0.25) is 0 Å². The van der Waals surface area contributed by atoms with E-state index in [2.05, 4.69) is 88.5 Å². The quantitative estimate of drug-likeness (QED) is 0.275. The molecule has 0 aliphatic heterocycles. The van der Waals surface area contributed by atoms with Crippen LogP contribution in [0.3, 0.4) is 0 Å². The monoisotopic (exact) mass is 505 g/mol. The number of hydrogen-bond acceptors (Lipinski definition) is 2. The smallest absolute Gasteiger partial charge is 0.287 e. The number of aryl methyl sites for hydroxylation is 1. The zero-order valence-electron chi connectivity index (χ0n) is 23.4. The van der Waals surface area contributed by atoms with Crippen molar-refractivity contribution in [1.82, 2.24) is 5.32 Å². The summed E-state index contributed by atoms with van der Waals surface area (Å²) in [4.78, 5) is 12.8. The molecule has 1 aliphatic rings. The van der Waals surface area contributed by atoms with Crippen molar-refractivity contribution in [2.45, 2.75) is 71.1 Å². The Labute approximate surface area is 227 Å². The zero-order valence-corrected chi connectivity index (χ0v) is 23.4. The highest BCUT2D eigenvalue weighted by Gasteiger charge is 2.37. The Morgan fingerprint density at radius 3 is 2.13 bits per heavy atom. The van der Waals surface area contributed by atoms with E-state index in [0.29, 0.717) is 18.7 Å². The molecule has 1 N–H and O–H groups in total. The minimum absolute atomic E-state index is 0.165. The maximum absolute atomic E-state index is 12.8. The van der Waals surface area contributed by atoms with Gasteiger partial charge in [0.25, 0.3) is 5.91 Å². The highest BCUT2D eigenvalue weighted by molar-refractivity contribution is 5.91. The van der Waals surface area contributed by atoms with Gasteiger partial charge in [-0.3, -0.25) is 4.79 Å². The summed E-state index contributed by atoms with van der Waals surface area (Å²) in [5, 5.41) is 3.01. The van der Waals surface area contributed by atoms with Gasteiger partial charge in [-0.05, 0) is 88.1 Å². The first-order valence-corrected chi connectivity index (χ1v) is 13.8. The van der Waals surface area contributed by atoms with Gasteiger partial charge in [-0.25, -0.2) is 0 Å². The minimum Gasteiger partial charge on any atom is -0.456 e. The topological polar surface area (TPSA) is 42.2 Å². The summed E-state index contributed by atoms with van der Waals surface area (Å²) in [7, 11) is 0. The molecule has 196 valence electrons. The molecular weight excluding hydrogens is 466 g/mol.